The van der Waals surface area contributed by atoms with E-state index in [2.05, 4.69) is 44.4 Å². The molecule has 5 nitrogen and oxygen atoms in total. The molecule has 2 aliphatic rings. The average molecular weight is 414 g/mol. The second-order valence-corrected chi connectivity index (χ2v) is 9.27. The molecule has 5 rings (SSSR count). The van der Waals surface area contributed by atoms with E-state index in [0.717, 1.165) is 34.7 Å². The van der Waals surface area contributed by atoms with E-state index in [4.69, 9.17) is 9.47 Å². The third kappa shape index (κ3) is 3.78. The average Bonchev–Trinajstić information content (AvgIpc) is 3.48. The summed E-state index contributed by atoms with van der Waals surface area (Å²) in [6.45, 7) is 0.314. The van der Waals surface area contributed by atoms with Crippen LogP contribution in [0.15, 0.2) is 40.9 Å². The lowest BCUT2D eigenvalue weighted by Crippen LogP contribution is -2.16. The summed E-state index contributed by atoms with van der Waals surface area (Å²) in [6, 6.07) is 11.0. The number of thiophene rings is 1. The predicted molar refractivity (Wildman–Crippen MR) is 111 cm³/mol. The normalized spacial score (nSPS) is 16.6. The topological polar surface area (TPSA) is 49.2 Å². The van der Waals surface area contributed by atoms with Gasteiger partial charge in [-0.05, 0) is 42.0 Å². The standard InChI is InChI=1S/C21H23N3O2S2/c1-2-5-16(6-3-1)24-20(12-17-7-4-10-27-17)22-23-21(24)28-13-15-8-9-18-19(11-15)26-14-25-18/h4,7-11,16H,1-3,5-6,12-14H2. The number of fused-ring (bicyclic) bond motifs is 1. The second kappa shape index (κ2) is 8.17. The lowest BCUT2D eigenvalue weighted by molar-refractivity contribution is 0.174. The minimum atomic E-state index is 0.314. The van der Waals surface area contributed by atoms with E-state index in [1.54, 1.807) is 23.1 Å². The SMILES string of the molecule is c1csc(Cc2nnc(SCc3ccc4c(c3)OCO4)n2C2CCCCC2)c1. The maximum atomic E-state index is 5.51. The van der Waals surface area contributed by atoms with Gasteiger partial charge in [-0.15, -0.1) is 21.5 Å². The Kier molecular flexibility index (Phi) is 5.27. The zero-order valence-corrected chi connectivity index (χ0v) is 17.3. The van der Waals surface area contributed by atoms with E-state index in [0.29, 0.717) is 12.8 Å². The lowest BCUT2D eigenvalue weighted by Gasteiger charge is -2.25. The van der Waals surface area contributed by atoms with Crippen molar-refractivity contribution in [2.45, 2.75) is 55.5 Å². The Morgan fingerprint density at radius 2 is 1.96 bits per heavy atom. The highest BCUT2D eigenvalue weighted by atomic mass is 32.2. The number of thioether (sulfide) groups is 1. The molecule has 3 heterocycles. The summed E-state index contributed by atoms with van der Waals surface area (Å²) in [5, 5.41) is 12.3. The number of nitrogens with zero attached hydrogens (tertiary/aromatic N) is 3. The molecule has 0 spiro atoms. The number of hydrogen-bond donors (Lipinski definition) is 0. The van der Waals surface area contributed by atoms with Gasteiger partial charge in [-0.2, -0.15) is 0 Å². The van der Waals surface area contributed by atoms with Crippen LogP contribution in [0.3, 0.4) is 0 Å². The molecule has 1 aliphatic heterocycles. The van der Waals surface area contributed by atoms with Gasteiger partial charge in [0.05, 0.1) is 0 Å². The maximum Gasteiger partial charge on any atom is 0.231 e. The van der Waals surface area contributed by atoms with Crippen LogP contribution in [-0.2, 0) is 12.2 Å². The van der Waals surface area contributed by atoms with Crippen LogP contribution in [0.5, 0.6) is 11.5 Å². The summed E-state index contributed by atoms with van der Waals surface area (Å²) in [7, 11) is 0. The zero-order valence-electron chi connectivity index (χ0n) is 15.7. The van der Waals surface area contributed by atoms with Gasteiger partial charge in [-0.25, -0.2) is 0 Å². The van der Waals surface area contributed by atoms with Crippen LogP contribution in [-0.4, -0.2) is 21.6 Å². The first-order chi connectivity index (χ1) is 13.9. The molecule has 0 atom stereocenters. The molecule has 1 saturated carbocycles. The number of hydrogen-bond acceptors (Lipinski definition) is 6. The number of rotatable bonds is 6. The molecule has 0 saturated heterocycles. The number of aromatic nitrogens is 3. The van der Waals surface area contributed by atoms with E-state index < -0.39 is 0 Å². The Morgan fingerprint density at radius 3 is 2.82 bits per heavy atom. The minimum Gasteiger partial charge on any atom is -0.454 e. The first-order valence-electron chi connectivity index (χ1n) is 9.84. The summed E-state index contributed by atoms with van der Waals surface area (Å²) < 4.78 is 13.3. The Labute approximate surface area is 173 Å². The van der Waals surface area contributed by atoms with Crippen LogP contribution in [0, 0.1) is 0 Å². The van der Waals surface area contributed by atoms with Gasteiger partial charge in [0.1, 0.15) is 5.82 Å². The van der Waals surface area contributed by atoms with E-state index >= 15 is 0 Å². The van der Waals surface area contributed by atoms with Gasteiger partial charge in [-0.1, -0.05) is 43.2 Å². The van der Waals surface area contributed by atoms with Gasteiger partial charge in [0.25, 0.3) is 0 Å². The van der Waals surface area contributed by atoms with Gasteiger partial charge in [0.15, 0.2) is 16.7 Å². The van der Waals surface area contributed by atoms with Crippen LogP contribution in [0.25, 0.3) is 0 Å². The van der Waals surface area contributed by atoms with E-state index in [1.807, 2.05) is 6.07 Å². The fourth-order valence-corrected chi connectivity index (χ4v) is 5.65. The minimum absolute atomic E-state index is 0.314. The molecule has 2 aromatic heterocycles. The molecule has 28 heavy (non-hydrogen) atoms. The first-order valence-corrected chi connectivity index (χ1v) is 11.7. The van der Waals surface area contributed by atoms with Crippen molar-refractivity contribution in [2.75, 3.05) is 6.79 Å². The number of benzene rings is 1. The highest BCUT2D eigenvalue weighted by Gasteiger charge is 2.23. The Hall–Kier alpha value is -1.99. The molecule has 1 aliphatic carbocycles. The molecule has 3 aromatic rings. The van der Waals surface area contributed by atoms with E-state index in [1.165, 1.54) is 42.5 Å². The fourth-order valence-electron chi connectivity index (χ4n) is 3.98. The summed E-state index contributed by atoms with van der Waals surface area (Å²) >= 11 is 3.56. The van der Waals surface area contributed by atoms with Gasteiger partial charge in [-0.3, -0.25) is 0 Å². The molecule has 1 fully saturated rings. The monoisotopic (exact) mass is 413 g/mol. The van der Waals surface area contributed by atoms with Gasteiger partial charge >= 0.3 is 0 Å². The molecular weight excluding hydrogens is 390 g/mol. The molecule has 0 bridgehead atoms. The third-order valence-corrected chi connectivity index (χ3v) is 7.28. The lowest BCUT2D eigenvalue weighted by atomic mass is 9.95. The summed E-state index contributed by atoms with van der Waals surface area (Å²) in [4.78, 5) is 1.34. The Balaban J connectivity index is 1.37. The van der Waals surface area contributed by atoms with Crippen molar-refractivity contribution >= 4 is 23.1 Å². The molecule has 146 valence electrons. The molecule has 0 N–H and O–H groups in total. The molecule has 1 aromatic carbocycles. The molecule has 7 heteroatoms. The van der Waals surface area contributed by atoms with Gasteiger partial charge in [0, 0.05) is 23.1 Å². The van der Waals surface area contributed by atoms with E-state index in [9.17, 15) is 0 Å². The largest absolute Gasteiger partial charge is 0.454 e. The smallest absolute Gasteiger partial charge is 0.231 e. The van der Waals surface area contributed by atoms with E-state index in [-0.39, 0.29) is 0 Å². The van der Waals surface area contributed by atoms with Gasteiger partial charge < -0.3 is 14.0 Å². The predicted octanol–water partition coefficient (Wildman–Crippen LogP) is 5.46. The van der Waals surface area contributed by atoms with Gasteiger partial charge in [0.2, 0.25) is 6.79 Å². The van der Waals surface area contributed by atoms with Crippen LogP contribution < -0.4 is 9.47 Å². The van der Waals surface area contributed by atoms with Crippen molar-refractivity contribution in [3.8, 4) is 11.5 Å². The van der Waals surface area contributed by atoms with Crippen LogP contribution in [0.4, 0.5) is 0 Å². The van der Waals surface area contributed by atoms with Crippen molar-refractivity contribution in [3.05, 3.63) is 52.0 Å². The van der Waals surface area contributed by atoms with Crippen molar-refractivity contribution in [1.82, 2.24) is 14.8 Å². The zero-order chi connectivity index (χ0) is 18.8. The van der Waals surface area contributed by atoms with Crippen LogP contribution in [0.2, 0.25) is 0 Å². The summed E-state index contributed by atoms with van der Waals surface area (Å²) in [6.07, 6.45) is 7.27. The molecule has 0 radical (unpaired) electrons. The first kappa shape index (κ1) is 18.1. The van der Waals surface area contributed by atoms with Crippen molar-refractivity contribution < 1.29 is 9.47 Å². The van der Waals surface area contributed by atoms with Crippen molar-refractivity contribution in [1.29, 1.82) is 0 Å². The summed E-state index contributed by atoms with van der Waals surface area (Å²) in [5.41, 5.74) is 1.22. The molecule has 0 amide bonds. The van der Waals surface area contributed by atoms with Crippen LogP contribution >= 0.6 is 23.1 Å². The molecule has 0 unspecified atom stereocenters. The second-order valence-electron chi connectivity index (χ2n) is 7.29. The van der Waals surface area contributed by atoms with Crippen molar-refractivity contribution in [2.24, 2.45) is 0 Å². The Bertz CT molecular complexity index is 933. The number of ether oxygens (including phenoxy) is 2. The van der Waals surface area contributed by atoms with Crippen LogP contribution in [0.1, 0.15) is 54.4 Å². The molecular formula is C21H23N3O2S2. The third-order valence-electron chi connectivity index (χ3n) is 5.39. The fraction of sp³-hybridized carbons (Fsp3) is 0.429. The quantitative estimate of drug-likeness (QED) is 0.503. The van der Waals surface area contributed by atoms with Crippen molar-refractivity contribution in [3.63, 3.8) is 0 Å². The maximum absolute atomic E-state index is 5.51. The Morgan fingerprint density at radius 1 is 1.07 bits per heavy atom. The highest BCUT2D eigenvalue weighted by Crippen LogP contribution is 2.36. The highest BCUT2D eigenvalue weighted by molar-refractivity contribution is 7.98. The summed E-state index contributed by atoms with van der Waals surface area (Å²) in [5.74, 6) is 3.62.